The minimum atomic E-state index is -0.662. The molecule has 1 aromatic rings. The molecule has 1 atom stereocenters. The van der Waals surface area contributed by atoms with Gasteiger partial charge in [-0.15, -0.1) is 0 Å². The first-order chi connectivity index (χ1) is 7.58. The number of hydrogen-bond donors (Lipinski definition) is 3. The van der Waals surface area contributed by atoms with Crippen LogP contribution in [0.2, 0.25) is 0 Å². The SMILES string of the molecule is CNC(CO)C(=O)Nc1ccc(F)c(C)c1. The van der Waals surface area contributed by atoms with Crippen molar-refractivity contribution in [1.82, 2.24) is 5.32 Å². The van der Waals surface area contributed by atoms with E-state index in [2.05, 4.69) is 10.6 Å². The van der Waals surface area contributed by atoms with Crippen LogP contribution in [-0.2, 0) is 4.79 Å². The van der Waals surface area contributed by atoms with Crippen molar-refractivity contribution in [3.05, 3.63) is 29.6 Å². The van der Waals surface area contributed by atoms with Gasteiger partial charge in [0, 0.05) is 5.69 Å². The summed E-state index contributed by atoms with van der Waals surface area (Å²) in [4.78, 5) is 11.5. The molecule has 0 radical (unpaired) electrons. The van der Waals surface area contributed by atoms with Crippen LogP contribution in [0.5, 0.6) is 0 Å². The number of aryl methyl sites for hydroxylation is 1. The molecule has 0 aromatic heterocycles. The molecule has 3 N–H and O–H groups in total. The molecule has 0 aliphatic carbocycles. The number of carbonyl (C=O) groups is 1. The standard InChI is InChI=1S/C11H15FN2O2/c1-7-5-8(3-4-9(7)12)14-11(16)10(6-15)13-2/h3-5,10,13,15H,6H2,1-2H3,(H,14,16). The zero-order valence-corrected chi connectivity index (χ0v) is 9.25. The Morgan fingerprint density at radius 2 is 2.25 bits per heavy atom. The average Bonchev–Trinajstić information content (AvgIpc) is 2.25. The highest BCUT2D eigenvalue weighted by Crippen LogP contribution is 2.13. The van der Waals surface area contributed by atoms with E-state index in [0.29, 0.717) is 11.3 Å². The van der Waals surface area contributed by atoms with Crippen LogP contribution in [0.1, 0.15) is 5.56 Å². The van der Waals surface area contributed by atoms with Crippen molar-refractivity contribution < 1.29 is 14.3 Å². The van der Waals surface area contributed by atoms with Crippen molar-refractivity contribution in [3.63, 3.8) is 0 Å². The highest BCUT2D eigenvalue weighted by molar-refractivity contribution is 5.94. The van der Waals surface area contributed by atoms with Gasteiger partial charge in [-0.2, -0.15) is 0 Å². The summed E-state index contributed by atoms with van der Waals surface area (Å²) < 4.78 is 13.0. The number of anilines is 1. The van der Waals surface area contributed by atoms with Crippen molar-refractivity contribution in [3.8, 4) is 0 Å². The lowest BCUT2D eigenvalue weighted by atomic mass is 10.2. The summed E-state index contributed by atoms with van der Waals surface area (Å²) >= 11 is 0. The minimum absolute atomic E-state index is 0.289. The summed E-state index contributed by atoms with van der Waals surface area (Å²) in [5.74, 6) is -0.665. The highest BCUT2D eigenvalue weighted by atomic mass is 19.1. The predicted molar refractivity (Wildman–Crippen MR) is 59.7 cm³/mol. The quantitative estimate of drug-likeness (QED) is 0.706. The summed E-state index contributed by atoms with van der Waals surface area (Å²) in [6.07, 6.45) is 0. The van der Waals surface area contributed by atoms with E-state index in [1.54, 1.807) is 14.0 Å². The Bertz CT molecular complexity index is 378. The van der Waals surface area contributed by atoms with Gasteiger partial charge in [-0.05, 0) is 37.7 Å². The number of carbonyl (C=O) groups excluding carboxylic acids is 1. The van der Waals surface area contributed by atoms with Gasteiger partial charge in [-0.1, -0.05) is 0 Å². The van der Waals surface area contributed by atoms with Gasteiger partial charge in [0.2, 0.25) is 5.91 Å². The van der Waals surface area contributed by atoms with Crippen LogP contribution in [0.25, 0.3) is 0 Å². The minimum Gasteiger partial charge on any atom is -0.394 e. The van der Waals surface area contributed by atoms with Crippen LogP contribution in [0.4, 0.5) is 10.1 Å². The molecular formula is C11H15FN2O2. The smallest absolute Gasteiger partial charge is 0.243 e. The number of nitrogens with one attached hydrogen (secondary N) is 2. The van der Waals surface area contributed by atoms with E-state index < -0.39 is 6.04 Å². The molecule has 0 spiro atoms. The Balaban J connectivity index is 2.73. The van der Waals surface area contributed by atoms with Gasteiger partial charge in [-0.25, -0.2) is 4.39 Å². The fourth-order valence-electron chi connectivity index (χ4n) is 1.26. The number of aliphatic hydroxyl groups is 1. The van der Waals surface area contributed by atoms with Gasteiger partial charge in [0.05, 0.1) is 6.61 Å². The van der Waals surface area contributed by atoms with Crippen LogP contribution < -0.4 is 10.6 Å². The third kappa shape index (κ3) is 3.01. The molecule has 0 heterocycles. The fraction of sp³-hybridized carbons (Fsp3) is 0.364. The lowest BCUT2D eigenvalue weighted by molar-refractivity contribution is -0.118. The maximum absolute atomic E-state index is 13.0. The molecule has 1 amide bonds. The van der Waals surface area contributed by atoms with Crippen molar-refractivity contribution in [2.45, 2.75) is 13.0 Å². The third-order valence-electron chi connectivity index (χ3n) is 2.27. The molecule has 16 heavy (non-hydrogen) atoms. The summed E-state index contributed by atoms with van der Waals surface area (Å²) in [7, 11) is 1.58. The number of benzene rings is 1. The van der Waals surface area contributed by atoms with Crippen molar-refractivity contribution in [2.75, 3.05) is 19.0 Å². The lowest BCUT2D eigenvalue weighted by Crippen LogP contribution is -2.41. The Kier molecular flexibility index (Phi) is 4.39. The summed E-state index contributed by atoms with van der Waals surface area (Å²) in [5, 5.41) is 14.1. The second kappa shape index (κ2) is 5.58. The van der Waals surface area contributed by atoms with E-state index >= 15 is 0 Å². The zero-order valence-electron chi connectivity index (χ0n) is 9.25. The second-order valence-electron chi connectivity index (χ2n) is 3.48. The number of hydrogen-bond acceptors (Lipinski definition) is 3. The molecule has 1 aromatic carbocycles. The number of aliphatic hydroxyl groups excluding tert-OH is 1. The summed E-state index contributed by atoms with van der Waals surface area (Å²) in [6.45, 7) is 1.33. The lowest BCUT2D eigenvalue weighted by Gasteiger charge is -2.13. The molecule has 88 valence electrons. The van der Waals surface area contributed by atoms with E-state index in [1.165, 1.54) is 18.2 Å². The van der Waals surface area contributed by atoms with Crippen LogP contribution in [0.3, 0.4) is 0 Å². The molecule has 0 aliphatic heterocycles. The van der Waals surface area contributed by atoms with E-state index in [-0.39, 0.29) is 18.3 Å². The summed E-state index contributed by atoms with van der Waals surface area (Å²) in [6, 6.07) is 3.64. The van der Waals surface area contributed by atoms with Gasteiger partial charge in [0.25, 0.3) is 0 Å². The molecule has 0 fully saturated rings. The Morgan fingerprint density at radius 1 is 1.56 bits per heavy atom. The Labute approximate surface area is 93.5 Å². The largest absolute Gasteiger partial charge is 0.394 e. The van der Waals surface area contributed by atoms with Crippen LogP contribution in [0.15, 0.2) is 18.2 Å². The topological polar surface area (TPSA) is 61.4 Å². The average molecular weight is 226 g/mol. The first kappa shape index (κ1) is 12.6. The number of amides is 1. The van der Waals surface area contributed by atoms with E-state index in [4.69, 9.17) is 5.11 Å². The zero-order chi connectivity index (χ0) is 12.1. The van der Waals surface area contributed by atoms with E-state index in [9.17, 15) is 9.18 Å². The fourth-order valence-corrected chi connectivity index (χ4v) is 1.26. The van der Waals surface area contributed by atoms with Crippen molar-refractivity contribution in [2.24, 2.45) is 0 Å². The summed E-state index contributed by atoms with van der Waals surface area (Å²) in [5.41, 5.74) is 0.973. The van der Waals surface area contributed by atoms with Gasteiger partial charge >= 0.3 is 0 Å². The van der Waals surface area contributed by atoms with Crippen LogP contribution >= 0.6 is 0 Å². The van der Waals surface area contributed by atoms with Crippen molar-refractivity contribution in [1.29, 1.82) is 0 Å². The molecule has 5 heteroatoms. The second-order valence-corrected chi connectivity index (χ2v) is 3.48. The Morgan fingerprint density at radius 3 is 2.75 bits per heavy atom. The highest BCUT2D eigenvalue weighted by Gasteiger charge is 2.15. The van der Waals surface area contributed by atoms with E-state index in [0.717, 1.165) is 0 Å². The first-order valence-electron chi connectivity index (χ1n) is 4.93. The van der Waals surface area contributed by atoms with E-state index in [1.807, 2.05) is 0 Å². The molecule has 4 nitrogen and oxygen atoms in total. The van der Waals surface area contributed by atoms with Gasteiger partial charge in [0.15, 0.2) is 0 Å². The normalized spacial score (nSPS) is 12.2. The Hall–Kier alpha value is -1.46. The number of likely N-dealkylation sites (N-methyl/N-ethyl adjacent to an activating group) is 1. The predicted octanol–water partition coefficient (Wildman–Crippen LogP) is 0.653. The maximum Gasteiger partial charge on any atom is 0.243 e. The number of rotatable bonds is 4. The molecule has 1 rings (SSSR count). The van der Waals surface area contributed by atoms with Crippen LogP contribution in [0, 0.1) is 12.7 Å². The first-order valence-corrected chi connectivity index (χ1v) is 4.93. The molecule has 1 unspecified atom stereocenters. The van der Waals surface area contributed by atoms with Gasteiger partial charge in [0.1, 0.15) is 11.9 Å². The van der Waals surface area contributed by atoms with Gasteiger partial charge in [-0.3, -0.25) is 4.79 Å². The molecule has 0 saturated heterocycles. The van der Waals surface area contributed by atoms with Crippen molar-refractivity contribution >= 4 is 11.6 Å². The monoisotopic (exact) mass is 226 g/mol. The third-order valence-corrected chi connectivity index (χ3v) is 2.27. The molecular weight excluding hydrogens is 211 g/mol. The van der Waals surface area contributed by atoms with Gasteiger partial charge < -0.3 is 15.7 Å². The molecule has 0 aliphatic rings. The maximum atomic E-state index is 13.0. The van der Waals surface area contributed by atoms with Crippen LogP contribution in [-0.4, -0.2) is 30.7 Å². The molecule has 0 saturated carbocycles. The number of halogens is 1. The molecule has 0 bridgehead atoms.